The molecule has 0 heterocycles. The van der Waals surface area contributed by atoms with E-state index in [-0.39, 0.29) is 5.91 Å². The standard InChI is InChI=1S/C8H14N2OS/c1-3-4-10-8(11)6-12-7(2)5-9/h1,7H,4-6,9H2,2H3,(H,10,11). The molecule has 3 N–H and O–H groups in total. The first kappa shape index (κ1) is 11.3. The molecule has 0 saturated carbocycles. The molecule has 0 aromatic heterocycles. The maximum Gasteiger partial charge on any atom is 0.230 e. The average Bonchev–Trinajstić information content (AvgIpc) is 2.10. The van der Waals surface area contributed by atoms with Gasteiger partial charge in [0.25, 0.3) is 0 Å². The lowest BCUT2D eigenvalue weighted by atomic mass is 10.5. The van der Waals surface area contributed by atoms with Crippen molar-refractivity contribution >= 4 is 17.7 Å². The summed E-state index contributed by atoms with van der Waals surface area (Å²) in [5.41, 5.74) is 5.37. The first-order valence-electron chi connectivity index (χ1n) is 3.72. The fourth-order valence-corrected chi connectivity index (χ4v) is 1.16. The second kappa shape index (κ2) is 7.01. The van der Waals surface area contributed by atoms with Crippen molar-refractivity contribution in [2.45, 2.75) is 12.2 Å². The molecule has 68 valence electrons. The molecule has 0 saturated heterocycles. The predicted octanol–water partition coefficient (Wildman–Crippen LogP) is -0.184. The Morgan fingerprint density at radius 1 is 1.83 bits per heavy atom. The Labute approximate surface area is 77.5 Å². The van der Waals surface area contributed by atoms with Crippen molar-refractivity contribution < 1.29 is 4.79 Å². The SMILES string of the molecule is C#CCNC(=O)CSC(C)CN. The van der Waals surface area contributed by atoms with Crippen LogP contribution in [0.4, 0.5) is 0 Å². The van der Waals surface area contributed by atoms with Gasteiger partial charge in [-0.3, -0.25) is 4.79 Å². The lowest BCUT2D eigenvalue weighted by Crippen LogP contribution is -2.26. The van der Waals surface area contributed by atoms with Gasteiger partial charge in [-0.25, -0.2) is 0 Å². The number of hydrogen-bond donors (Lipinski definition) is 2. The van der Waals surface area contributed by atoms with Crippen LogP contribution in [0, 0.1) is 12.3 Å². The summed E-state index contributed by atoms with van der Waals surface area (Å²) in [6.45, 7) is 2.88. The number of hydrogen-bond acceptors (Lipinski definition) is 3. The van der Waals surface area contributed by atoms with Gasteiger partial charge in [-0.15, -0.1) is 18.2 Å². The van der Waals surface area contributed by atoms with Gasteiger partial charge in [-0.05, 0) is 0 Å². The third-order valence-electron chi connectivity index (χ3n) is 1.22. The Morgan fingerprint density at radius 3 is 3.00 bits per heavy atom. The van der Waals surface area contributed by atoms with Gasteiger partial charge in [0, 0.05) is 11.8 Å². The summed E-state index contributed by atoms with van der Waals surface area (Å²) < 4.78 is 0. The average molecular weight is 186 g/mol. The van der Waals surface area contributed by atoms with Gasteiger partial charge in [0.15, 0.2) is 0 Å². The van der Waals surface area contributed by atoms with Crippen molar-refractivity contribution in [3.8, 4) is 12.3 Å². The van der Waals surface area contributed by atoms with Crippen molar-refractivity contribution in [3.05, 3.63) is 0 Å². The van der Waals surface area contributed by atoms with Gasteiger partial charge in [0.2, 0.25) is 5.91 Å². The lowest BCUT2D eigenvalue weighted by molar-refractivity contribution is -0.118. The first-order valence-corrected chi connectivity index (χ1v) is 4.77. The molecule has 0 bridgehead atoms. The number of carbonyl (C=O) groups excluding carboxylic acids is 1. The van der Waals surface area contributed by atoms with E-state index in [0.717, 1.165) is 0 Å². The molecule has 1 amide bonds. The molecule has 0 fully saturated rings. The number of nitrogens with two attached hydrogens (primary N) is 1. The highest BCUT2D eigenvalue weighted by atomic mass is 32.2. The molecule has 0 aromatic carbocycles. The lowest BCUT2D eigenvalue weighted by Gasteiger charge is -2.06. The van der Waals surface area contributed by atoms with E-state index in [9.17, 15) is 4.79 Å². The molecule has 0 aliphatic rings. The monoisotopic (exact) mass is 186 g/mol. The molecule has 0 spiro atoms. The fourth-order valence-electron chi connectivity index (χ4n) is 0.487. The van der Waals surface area contributed by atoms with Crippen LogP contribution in [0.3, 0.4) is 0 Å². The second-order valence-corrected chi connectivity index (χ2v) is 3.76. The molecule has 0 aliphatic heterocycles. The quantitative estimate of drug-likeness (QED) is 0.585. The van der Waals surface area contributed by atoms with Gasteiger partial charge in [-0.2, -0.15) is 0 Å². The van der Waals surface area contributed by atoms with Crippen LogP contribution in [0.5, 0.6) is 0 Å². The number of nitrogens with one attached hydrogen (secondary N) is 1. The minimum Gasteiger partial charge on any atom is -0.344 e. The Hall–Kier alpha value is -0.660. The van der Waals surface area contributed by atoms with E-state index in [2.05, 4.69) is 11.2 Å². The predicted molar refractivity (Wildman–Crippen MR) is 52.8 cm³/mol. The molecule has 4 heteroatoms. The Kier molecular flexibility index (Phi) is 6.63. The normalized spacial score (nSPS) is 11.8. The van der Waals surface area contributed by atoms with Crippen molar-refractivity contribution in [2.24, 2.45) is 5.73 Å². The summed E-state index contributed by atoms with van der Waals surface area (Å²) in [5, 5.41) is 2.90. The Bertz CT molecular complexity index is 176. The van der Waals surface area contributed by atoms with Gasteiger partial charge in [0.1, 0.15) is 0 Å². The van der Waals surface area contributed by atoms with Crippen LogP contribution in [0.2, 0.25) is 0 Å². The molecule has 3 nitrogen and oxygen atoms in total. The van der Waals surface area contributed by atoms with Crippen molar-refractivity contribution in [1.29, 1.82) is 0 Å². The second-order valence-electron chi connectivity index (χ2n) is 2.34. The van der Waals surface area contributed by atoms with Crippen LogP contribution in [-0.4, -0.2) is 30.0 Å². The molecule has 1 unspecified atom stereocenters. The van der Waals surface area contributed by atoms with Gasteiger partial charge in [0.05, 0.1) is 12.3 Å². The zero-order valence-electron chi connectivity index (χ0n) is 7.17. The summed E-state index contributed by atoms with van der Waals surface area (Å²) in [6, 6.07) is 0. The number of carbonyl (C=O) groups is 1. The largest absolute Gasteiger partial charge is 0.344 e. The highest BCUT2D eigenvalue weighted by molar-refractivity contribution is 8.00. The molecule has 1 atom stereocenters. The molecule has 0 rings (SSSR count). The van der Waals surface area contributed by atoms with Crippen LogP contribution in [-0.2, 0) is 4.79 Å². The van der Waals surface area contributed by atoms with E-state index in [4.69, 9.17) is 12.2 Å². The zero-order valence-corrected chi connectivity index (χ0v) is 7.99. The Morgan fingerprint density at radius 2 is 2.50 bits per heavy atom. The summed E-state index contributed by atoms with van der Waals surface area (Å²) in [4.78, 5) is 11.0. The molecule has 12 heavy (non-hydrogen) atoms. The van der Waals surface area contributed by atoms with Crippen LogP contribution in [0.1, 0.15) is 6.92 Å². The number of amides is 1. The minimum atomic E-state index is -0.0294. The molecular formula is C8H14N2OS. The minimum absolute atomic E-state index is 0.0294. The van der Waals surface area contributed by atoms with Crippen molar-refractivity contribution in [3.63, 3.8) is 0 Å². The van der Waals surface area contributed by atoms with E-state index >= 15 is 0 Å². The summed E-state index contributed by atoms with van der Waals surface area (Å²) in [6.07, 6.45) is 4.97. The Balaban J connectivity index is 3.38. The third-order valence-corrected chi connectivity index (χ3v) is 2.41. The van der Waals surface area contributed by atoms with E-state index in [0.29, 0.717) is 24.1 Å². The van der Waals surface area contributed by atoms with Gasteiger partial charge >= 0.3 is 0 Å². The zero-order chi connectivity index (χ0) is 9.40. The van der Waals surface area contributed by atoms with Crippen molar-refractivity contribution in [1.82, 2.24) is 5.32 Å². The molecule has 0 aliphatic carbocycles. The number of rotatable bonds is 5. The maximum absolute atomic E-state index is 11.0. The van der Waals surface area contributed by atoms with Crippen LogP contribution in [0.25, 0.3) is 0 Å². The molecular weight excluding hydrogens is 172 g/mol. The van der Waals surface area contributed by atoms with E-state index < -0.39 is 0 Å². The van der Waals surface area contributed by atoms with E-state index in [1.165, 1.54) is 11.8 Å². The molecule has 0 radical (unpaired) electrons. The molecule has 0 aromatic rings. The third kappa shape index (κ3) is 6.08. The highest BCUT2D eigenvalue weighted by Crippen LogP contribution is 2.07. The topological polar surface area (TPSA) is 55.1 Å². The van der Waals surface area contributed by atoms with Crippen LogP contribution < -0.4 is 11.1 Å². The van der Waals surface area contributed by atoms with Crippen LogP contribution in [0.15, 0.2) is 0 Å². The summed E-state index contributed by atoms with van der Waals surface area (Å²) in [5.74, 6) is 2.74. The van der Waals surface area contributed by atoms with Crippen LogP contribution >= 0.6 is 11.8 Å². The van der Waals surface area contributed by atoms with Gasteiger partial charge < -0.3 is 11.1 Å². The fraction of sp³-hybridized carbons (Fsp3) is 0.625. The summed E-state index contributed by atoms with van der Waals surface area (Å²) >= 11 is 1.53. The highest BCUT2D eigenvalue weighted by Gasteiger charge is 2.03. The smallest absolute Gasteiger partial charge is 0.230 e. The van der Waals surface area contributed by atoms with Gasteiger partial charge in [-0.1, -0.05) is 12.8 Å². The van der Waals surface area contributed by atoms with E-state index in [1.54, 1.807) is 0 Å². The maximum atomic E-state index is 11.0. The number of terminal acetylenes is 1. The number of thioether (sulfide) groups is 1. The first-order chi connectivity index (χ1) is 5.70. The van der Waals surface area contributed by atoms with E-state index in [1.807, 2.05) is 6.92 Å². The van der Waals surface area contributed by atoms with Crippen molar-refractivity contribution in [2.75, 3.05) is 18.8 Å². The summed E-state index contributed by atoms with van der Waals surface area (Å²) in [7, 11) is 0.